The minimum absolute atomic E-state index is 0.0166. The van der Waals surface area contributed by atoms with E-state index in [1.165, 1.54) is 0 Å². The Morgan fingerprint density at radius 2 is 1.79 bits per heavy atom. The van der Waals surface area contributed by atoms with E-state index in [-0.39, 0.29) is 25.0 Å². The number of imide groups is 1. The van der Waals surface area contributed by atoms with Crippen LogP contribution in [0, 0.1) is 0 Å². The average molecular weight is 262 g/mol. The molecule has 1 heterocycles. The van der Waals surface area contributed by atoms with Crippen LogP contribution in [0.1, 0.15) is 27.6 Å². The number of fused-ring (bicyclic) bond motifs is 1. The van der Waals surface area contributed by atoms with Crippen LogP contribution in [0.25, 0.3) is 0 Å². The van der Waals surface area contributed by atoms with E-state index in [1.54, 1.807) is 31.2 Å². The fourth-order valence-corrected chi connectivity index (χ4v) is 1.87. The Labute approximate surface area is 110 Å². The summed E-state index contributed by atoms with van der Waals surface area (Å²) in [6.07, 6.45) is -0.556. The molecule has 0 aromatic heterocycles. The third-order valence-corrected chi connectivity index (χ3v) is 2.75. The zero-order valence-electron chi connectivity index (χ0n) is 10.5. The van der Waals surface area contributed by atoms with Gasteiger partial charge in [-0.25, -0.2) is 4.79 Å². The van der Waals surface area contributed by atoms with E-state index in [2.05, 4.69) is 5.32 Å². The molecule has 0 saturated heterocycles. The van der Waals surface area contributed by atoms with Crippen molar-refractivity contribution in [1.82, 2.24) is 10.2 Å². The highest BCUT2D eigenvalue weighted by Gasteiger charge is 2.34. The Kier molecular flexibility index (Phi) is 3.79. The minimum Gasteiger partial charge on any atom is -0.448 e. The number of rotatable bonds is 4. The van der Waals surface area contributed by atoms with Crippen molar-refractivity contribution in [2.75, 3.05) is 19.7 Å². The first-order chi connectivity index (χ1) is 9.15. The minimum atomic E-state index is -0.556. The first-order valence-corrected chi connectivity index (χ1v) is 6.01. The van der Waals surface area contributed by atoms with Crippen molar-refractivity contribution in [3.63, 3.8) is 0 Å². The van der Waals surface area contributed by atoms with Crippen molar-refractivity contribution >= 4 is 17.9 Å². The van der Waals surface area contributed by atoms with Crippen LogP contribution in [0.5, 0.6) is 0 Å². The van der Waals surface area contributed by atoms with Crippen molar-refractivity contribution in [3.8, 4) is 0 Å². The van der Waals surface area contributed by atoms with Gasteiger partial charge in [0.15, 0.2) is 0 Å². The number of carbonyl (C=O) groups is 3. The number of ether oxygens (including phenoxy) is 1. The lowest BCUT2D eigenvalue weighted by Crippen LogP contribution is -2.34. The Morgan fingerprint density at radius 3 is 2.32 bits per heavy atom. The van der Waals surface area contributed by atoms with Gasteiger partial charge in [0.05, 0.1) is 17.7 Å². The smallest absolute Gasteiger partial charge is 0.407 e. The van der Waals surface area contributed by atoms with Gasteiger partial charge in [-0.15, -0.1) is 0 Å². The summed E-state index contributed by atoms with van der Waals surface area (Å²) in [5.74, 6) is -0.694. The lowest BCUT2D eigenvalue weighted by molar-refractivity contribution is 0.0605. The van der Waals surface area contributed by atoms with Gasteiger partial charge < -0.3 is 10.1 Å². The summed E-state index contributed by atoms with van der Waals surface area (Å²) in [4.78, 5) is 36.1. The molecule has 6 heteroatoms. The first-order valence-electron chi connectivity index (χ1n) is 6.01. The molecule has 3 amide bonds. The maximum Gasteiger partial charge on any atom is 0.407 e. The topological polar surface area (TPSA) is 75.7 Å². The highest BCUT2D eigenvalue weighted by atomic mass is 16.5. The van der Waals surface area contributed by atoms with Crippen LogP contribution >= 0.6 is 0 Å². The van der Waals surface area contributed by atoms with E-state index in [0.717, 1.165) is 4.90 Å². The Bertz CT molecular complexity index is 492. The molecule has 19 heavy (non-hydrogen) atoms. The van der Waals surface area contributed by atoms with Crippen LogP contribution in [0.3, 0.4) is 0 Å². The molecule has 0 unspecified atom stereocenters. The third-order valence-electron chi connectivity index (χ3n) is 2.75. The fraction of sp³-hybridized carbons (Fsp3) is 0.308. The number of nitrogens with one attached hydrogen (secondary N) is 1. The maximum absolute atomic E-state index is 12.0. The second-order valence-corrected chi connectivity index (χ2v) is 3.97. The molecular formula is C13H14N2O4. The molecule has 0 aliphatic carbocycles. The molecule has 2 rings (SSSR count). The van der Waals surface area contributed by atoms with Crippen LogP contribution in [-0.2, 0) is 4.74 Å². The molecule has 0 atom stereocenters. The molecule has 6 nitrogen and oxygen atoms in total. The van der Waals surface area contributed by atoms with Crippen LogP contribution in [0.15, 0.2) is 24.3 Å². The normalized spacial score (nSPS) is 13.4. The highest BCUT2D eigenvalue weighted by molar-refractivity contribution is 6.21. The van der Waals surface area contributed by atoms with Gasteiger partial charge in [0.1, 0.15) is 6.61 Å². The second-order valence-electron chi connectivity index (χ2n) is 3.97. The Hall–Kier alpha value is -2.37. The number of alkyl carbamates (subject to hydrolysis) is 1. The lowest BCUT2D eigenvalue weighted by atomic mass is 10.1. The maximum atomic E-state index is 12.0. The van der Waals surface area contributed by atoms with Gasteiger partial charge in [-0.3, -0.25) is 14.5 Å². The average Bonchev–Trinajstić information content (AvgIpc) is 2.65. The molecule has 100 valence electrons. The first kappa shape index (κ1) is 13.1. The molecule has 1 N–H and O–H groups in total. The van der Waals surface area contributed by atoms with Crippen molar-refractivity contribution in [1.29, 1.82) is 0 Å². The molecule has 1 aliphatic rings. The van der Waals surface area contributed by atoms with Crippen molar-refractivity contribution in [3.05, 3.63) is 35.4 Å². The number of benzene rings is 1. The van der Waals surface area contributed by atoms with E-state index in [9.17, 15) is 14.4 Å². The van der Waals surface area contributed by atoms with Gasteiger partial charge in [0, 0.05) is 6.54 Å². The van der Waals surface area contributed by atoms with Gasteiger partial charge in [0.2, 0.25) is 0 Å². The molecule has 0 saturated carbocycles. The molecular weight excluding hydrogens is 248 g/mol. The molecule has 0 fully saturated rings. The van der Waals surface area contributed by atoms with E-state index in [0.29, 0.717) is 17.7 Å². The van der Waals surface area contributed by atoms with Gasteiger partial charge >= 0.3 is 6.09 Å². The summed E-state index contributed by atoms with van der Waals surface area (Å²) in [6, 6.07) is 6.64. The van der Waals surface area contributed by atoms with Crippen LogP contribution in [0.4, 0.5) is 4.79 Å². The number of hydrogen-bond acceptors (Lipinski definition) is 4. The van der Waals surface area contributed by atoms with Gasteiger partial charge in [0.25, 0.3) is 11.8 Å². The summed E-state index contributed by atoms with van der Waals surface area (Å²) in [5.41, 5.74) is 0.788. The van der Waals surface area contributed by atoms with Crippen LogP contribution < -0.4 is 5.32 Å². The predicted octanol–water partition coefficient (Wildman–Crippen LogP) is 1.03. The largest absolute Gasteiger partial charge is 0.448 e. The second kappa shape index (κ2) is 5.51. The third kappa shape index (κ3) is 2.57. The molecule has 1 aliphatic heterocycles. The van der Waals surface area contributed by atoms with E-state index < -0.39 is 6.09 Å². The summed E-state index contributed by atoms with van der Waals surface area (Å²) in [5, 5.41) is 2.46. The molecule has 0 spiro atoms. The summed E-state index contributed by atoms with van der Waals surface area (Å²) >= 11 is 0. The zero-order valence-corrected chi connectivity index (χ0v) is 10.5. The Balaban J connectivity index is 1.95. The monoisotopic (exact) mass is 262 g/mol. The molecule has 0 bridgehead atoms. The molecule has 1 aromatic rings. The zero-order chi connectivity index (χ0) is 13.8. The van der Waals surface area contributed by atoms with Crippen LogP contribution in [0.2, 0.25) is 0 Å². The van der Waals surface area contributed by atoms with Gasteiger partial charge in [-0.05, 0) is 19.1 Å². The van der Waals surface area contributed by atoms with Crippen molar-refractivity contribution in [2.45, 2.75) is 6.92 Å². The van der Waals surface area contributed by atoms with Crippen molar-refractivity contribution in [2.24, 2.45) is 0 Å². The SMILES string of the molecule is CCNC(=O)OCCN1C(=O)c2ccccc2C1=O. The number of nitrogens with zero attached hydrogens (tertiary/aromatic N) is 1. The molecule has 1 aromatic carbocycles. The molecule has 0 radical (unpaired) electrons. The lowest BCUT2D eigenvalue weighted by Gasteiger charge is -2.13. The predicted molar refractivity (Wildman–Crippen MR) is 66.8 cm³/mol. The van der Waals surface area contributed by atoms with E-state index >= 15 is 0 Å². The summed E-state index contributed by atoms with van der Waals surface area (Å²) < 4.78 is 4.84. The number of hydrogen-bond donors (Lipinski definition) is 1. The highest BCUT2D eigenvalue weighted by Crippen LogP contribution is 2.21. The van der Waals surface area contributed by atoms with Gasteiger partial charge in [-0.1, -0.05) is 12.1 Å². The fourth-order valence-electron chi connectivity index (χ4n) is 1.87. The quantitative estimate of drug-likeness (QED) is 0.822. The summed E-state index contributed by atoms with van der Waals surface area (Å²) in [6.45, 7) is 2.28. The van der Waals surface area contributed by atoms with E-state index in [1.807, 2.05) is 0 Å². The van der Waals surface area contributed by atoms with E-state index in [4.69, 9.17) is 4.74 Å². The van der Waals surface area contributed by atoms with Crippen LogP contribution in [-0.4, -0.2) is 42.5 Å². The van der Waals surface area contributed by atoms with Crippen molar-refractivity contribution < 1.29 is 19.1 Å². The summed E-state index contributed by atoms with van der Waals surface area (Å²) in [7, 11) is 0. The number of amides is 3. The van der Waals surface area contributed by atoms with Gasteiger partial charge in [-0.2, -0.15) is 0 Å². The Morgan fingerprint density at radius 1 is 1.21 bits per heavy atom. The number of carbonyl (C=O) groups excluding carboxylic acids is 3. The standard InChI is InChI=1S/C13H14N2O4/c1-2-14-13(18)19-8-7-15-11(16)9-5-3-4-6-10(9)12(15)17/h3-6H,2,7-8H2,1H3,(H,14,18).